The zero-order valence-electron chi connectivity index (χ0n) is 14.2. The van der Waals surface area contributed by atoms with Crippen molar-refractivity contribution >= 4 is 5.78 Å². The van der Waals surface area contributed by atoms with E-state index in [9.17, 15) is 4.79 Å². The highest BCUT2D eigenvalue weighted by molar-refractivity contribution is 5.97. The lowest BCUT2D eigenvalue weighted by atomic mass is 9.78. The minimum Gasteiger partial charge on any atom is -0.493 e. The molecule has 0 spiro atoms. The van der Waals surface area contributed by atoms with Gasteiger partial charge in [-0.3, -0.25) is 4.79 Å². The van der Waals surface area contributed by atoms with E-state index in [1.54, 1.807) is 6.92 Å². The molecule has 0 aromatic heterocycles. The SMILES string of the molecule is CCOc1c(C(C)=O)cc(C(C)(C)C)cc1C(C)(C)C. The highest BCUT2D eigenvalue weighted by Gasteiger charge is 2.27. The molecule has 0 saturated carbocycles. The molecule has 0 saturated heterocycles. The van der Waals surface area contributed by atoms with Crippen LogP contribution < -0.4 is 4.74 Å². The van der Waals surface area contributed by atoms with Crippen LogP contribution in [0, 0.1) is 0 Å². The lowest BCUT2D eigenvalue weighted by Crippen LogP contribution is -2.20. The van der Waals surface area contributed by atoms with Gasteiger partial charge >= 0.3 is 0 Å². The molecular weight excluding hydrogens is 248 g/mol. The predicted octanol–water partition coefficient (Wildman–Crippen LogP) is 4.88. The van der Waals surface area contributed by atoms with Gasteiger partial charge in [0, 0.05) is 5.56 Å². The third kappa shape index (κ3) is 3.62. The summed E-state index contributed by atoms with van der Waals surface area (Å²) in [7, 11) is 0. The predicted molar refractivity (Wildman–Crippen MR) is 85.0 cm³/mol. The van der Waals surface area contributed by atoms with E-state index in [1.165, 1.54) is 5.56 Å². The minimum absolute atomic E-state index is 0.00887. The van der Waals surface area contributed by atoms with Crippen molar-refractivity contribution in [2.75, 3.05) is 6.61 Å². The van der Waals surface area contributed by atoms with Gasteiger partial charge in [-0.2, -0.15) is 0 Å². The molecule has 2 nitrogen and oxygen atoms in total. The van der Waals surface area contributed by atoms with Gasteiger partial charge in [0.25, 0.3) is 0 Å². The van der Waals surface area contributed by atoms with Gasteiger partial charge in [0.2, 0.25) is 0 Å². The summed E-state index contributed by atoms with van der Waals surface area (Å²) in [6.07, 6.45) is 0. The van der Waals surface area contributed by atoms with Gasteiger partial charge in [0.1, 0.15) is 5.75 Å². The van der Waals surface area contributed by atoms with Crippen molar-refractivity contribution in [2.45, 2.75) is 66.2 Å². The maximum absolute atomic E-state index is 12.0. The molecule has 2 heteroatoms. The van der Waals surface area contributed by atoms with Crippen LogP contribution in [-0.2, 0) is 10.8 Å². The molecule has 0 fully saturated rings. The topological polar surface area (TPSA) is 26.3 Å². The highest BCUT2D eigenvalue weighted by Crippen LogP contribution is 2.38. The van der Waals surface area contributed by atoms with Crippen LogP contribution >= 0.6 is 0 Å². The Hall–Kier alpha value is -1.31. The van der Waals surface area contributed by atoms with Gasteiger partial charge in [0.05, 0.1) is 12.2 Å². The first-order valence-corrected chi connectivity index (χ1v) is 7.31. The van der Waals surface area contributed by atoms with Crippen LogP contribution in [0.5, 0.6) is 5.75 Å². The fourth-order valence-electron chi connectivity index (χ4n) is 2.18. The number of rotatable bonds is 3. The quantitative estimate of drug-likeness (QED) is 0.735. The van der Waals surface area contributed by atoms with Crippen LogP contribution in [0.15, 0.2) is 12.1 Å². The van der Waals surface area contributed by atoms with Crippen molar-refractivity contribution in [3.05, 3.63) is 28.8 Å². The molecule has 1 aromatic carbocycles. The first kappa shape index (κ1) is 16.7. The van der Waals surface area contributed by atoms with Crippen LogP contribution in [0.25, 0.3) is 0 Å². The molecular formula is C18H28O2. The molecule has 0 radical (unpaired) electrons. The molecule has 0 aliphatic carbocycles. The van der Waals surface area contributed by atoms with Crippen LogP contribution in [0.3, 0.4) is 0 Å². The summed E-state index contributed by atoms with van der Waals surface area (Å²) in [5, 5.41) is 0. The highest BCUT2D eigenvalue weighted by atomic mass is 16.5. The Morgan fingerprint density at radius 2 is 1.60 bits per heavy atom. The molecule has 0 bridgehead atoms. The number of Topliss-reactive ketones (excluding diaryl/α,β-unsaturated/α-hetero) is 1. The fourth-order valence-corrected chi connectivity index (χ4v) is 2.18. The summed E-state index contributed by atoms with van der Waals surface area (Å²) in [4.78, 5) is 12.0. The second-order valence-electron chi connectivity index (χ2n) is 7.39. The van der Waals surface area contributed by atoms with Gasteiger partial charge in [-0.15, -0.1) is 0 Å². The molecule has 0 unspecified atom stereocenters. The molecule has 0 aliphatic rings. The average molecular weight is 276 g/mol. The van der Waals surface area contributed by atoms with E-state index in [2.05, 4.69) is 47.6 Å². The summed E-state index contributed by atoms with van der Waals surface area (Å²) in [6, 6.07) is 4.18. The first-order chi connectivity index (χ1) is 8.98. The summed E-state index contributed by atoms with van der Waals surface area (Å²) in [5.41, 5.74) is 2.93. The summed E-state index contributed by atoms with van der Waals surface area (Å²) < 4.78 is 5.80. The van der Waals surface area contributed by atoms with Crippen molar-refractivity contribution in [3.63, 3.8) is 0 Å². The molecule has 112 valence electrons. The van der Waals surface area contributed by atoms with Crippen LogP contribution in [-0.4, -0.2) is 12.4 Å². The zero-order valence-corrected chi connectivity index (χ0v) is 14.2. The van der Waals surface area contributed by atoms with E-state index in [-0.39, 0.29) is 16.6 Å². The first-order valence-electron chi connectivity index (χ1n) is 7.31. The molecule has 1 rings (SSSR count). The Labute approximate surface area is 123 Å². The summed E-state index contributed by atoms with van der Waals surface area (Å²) >= 11 is 0. The lowest BCUT2D eigenvalue weighted by Gasteiger charge is -2.28. The molecule has 20 heavy (non-hydrogen) atoms. The van der Waals surface area contributed by atoms with Crippen LogP contribution in [0.1, 0.15) is 76.9 Å². The molecule has 0 heterocycles. The second kappa shape index (κ2) is 5.59. The number of carbonyl (C=O) groups is 1. The number of carbonyl (C=O) groups excluding carboxylic acids is 1. The summed E-state index contributed by atoms with van der Waals surface area (Å²) in [5.74, 6) is 0.811. The Morgan fingerprint density at radius 1 is 1.05 bits per heavy atom. The van der Waals surface area contributed by atoms with Gasteiger partial charge in [0.15, 0.2) is 5.78 Å². The van der Waals surface area contributed by atoms with Crippen LogP contribution in [0.4, 0.5) is 0 Å². The Bertz CT molecular complexity index is 499. The van der Waals surface area contributed by atoms with E-state index in [4.69, 9.17) is 4.74 Å². The molecule has 0 amide bonds. The Kier molecular flexibility index (Phi) is 4.68. The third-order valence-electron chi connectivity index (χ3n) is 3.43. The molecule has 0 N–H and O–H groups in total. The van der Waals surface area contributed by atoms with E-state index in [0.717, 1.165) is 11.3 Å². The number of hydrogen-bond donors (Lipinski definition) is 0. The molecule has 1 aromatic rings. The minimum atomic E-state index is -0.0596. The average Bonchev–Trinajstić information content (AvgIpc) is 2.26. The van der Waals surface area contributed by atoms with E-state index >= 15 is 0 Å². The molecule has 0 aliphatic heterocycles. The van der Waals surface area contributed by atoms with Crippen LogP contribution in [0.2, 0.25) is 0 Å². The zero-order chi connectivity index (χ0) is 15.7. The maximum atomic E-state index is 12.0. The number of hydrogen-bond acceptors (Lipinski definition) is 2. The van der Waals surface area contributed by atoms with Crippen molar-refractivity contribution in [1.29, 1.82) is 0 Å². The third-order valence-corrected chi connectivity index (χ3v) is 3.43. The Balaban J connectivity index is 3.69. The number of benzene rings is 1. The van der Waals surface area contributed by atoms with Gasteiger partial charge in [-0.05, 0) is 36.3 Å². The Morgan fingerprint density at radius 3 is 1.95 bits per heavy atom. The lowest BCUT2D eigenvalue weighted by molar-refractivity contribution is 0.101. The van der Waals surface area contributed by atoms with E-state index in [1.807, 2.05) is 13.0 Å². The van der Waals surface area contributed by atoms with Crippen molar-refractivity contribution < 1.29 is 9.53 Å². The van der Waals surface area contributed by atoms with Crippen molar-refractivity contribution in [2.24, 2.45) is 0 Å². The molecule has 0 atom stereocenters. The fraction of sp³-hybridized carbons (Fsp3) is 0.611. The van der Waals surface area contributed by atoms with Gasteiger partial charge in [-0.25, -0.2) is 0 Å². The summed E-state index contributed by atoms with van der Waals surface area (Å²) in [6.45, 7) is 17.1. The van der Waals surface area contributed by atoms with E-state index in [0.29, 0.717) is 12.2 Å². The standard InChI is InChI=1S/C18H28O2/c1-9-20-16-14(12(2)19)10-13(17(3,4)5)11-15(16)18(6,7)8/h10-11H,9H2,1-8H3. The van der Waals surface area contributed by atoms with Crippen molar-refractivity contribution in [1.82, 2.24) is 0 Å². The monoisotopic (exact) mass is 276 g/mol. The normalized spacial score (nSPS) is 12.4. The van der Waals surface area contributed by atoms with E-state index < -0.39 is 0 Å². The van der Waals surface area contributed by atoms with Gasteiger partial charge in [-0.1, -0.05) is 47.6 Å². The van der Waals surface area contributed by atoms with Crippen molar-refractivity contribution in [3.8, 4) is 5.75 Å². The van der Waals surface area contributed by atoms with Gasteiger partial charge < -0.3 is 4.74 Å². The second-order valence-corrected chi connectivity index (χ2v) is 7.39. The maximum Gasteiger partial charge on any atom is 0.163 e. The number of ketones is 1. The largest absolute Gasteiger partial charge is 0.493 e. The number of ether oxygens (including phenoxy) is 1. The smallest absolute Gasteiger partial charge is 0.163 e.